The average Bonchev–Trinajstić information content (AvgIpc) is 1.70. The molecular formula is C64H68Cl4I2N16O2Si2. The zero-order valence-corrected chi connectivity index (χ0v) is 60.1. The van der Waals surface area contributed by atoms with Gasteiger partial charge in [-0.1, -0.05) is 190 Å². The van der Waals surface area contributed by atoms with Crippen molar-refractivity contribution in [2.45, 2.75) is 84.6 Å². The molecule has 3 aromatic carbocycles. The second-order valence-electron chi connectivity index (χ2n) is 23.0. The van der Waals surface area contributed by atoms with Crippen molar-refractivity contribution in [3.63, 3.8) is 0 Å². The van der Waals surface area contributed by atoms with E-state index in [-0.39, 0.29) is 0 Å². The summed E-state index contributed by atoms with van der Waals surface area (Å²) in [5, 5.41) is 9.97. The smallest absolute Gasteiger partial charge is 0.147 e. The Hall–Kier alpha value is -6.47. The molecule has 0 bridgehead atoms. The summed E-state index contributed by atoms with van der Waals surface area (Å²) in [5.74, 6) is 0.906. The summed E-state index contributed by atoms with van der Waals surface area (Å²) in [4.78, 5) is 50.9. The molecule has 13 aromatic rings. The van der Waals surface area contributed by atoms with Gasteiger partial charge in [-0.2, -0.15) is 0 Å². The highest BCUT2D eigenvalue weighted by Crippen LogP contribution is 2.36. The lowest BCUT2D eigenvalue weighted by Crippen LogP contribution is -2.22. The molecule has 0 saturated carbocycles. The van der Waals surface area contributed by atoms with E-state index in [0.29, 0.717) is 34.1 Å². The van der Waals surface area contributed by atoms with E-state index in [4.69, 9.17) is 55.9 Å². The first-order valence-corrected chi connectivity index (χ1v) is 40.1. The van der Waals surface area contributed by atoms with Gasteiger partial charge in [0.2, 0.25) is 0 Å². The number of aromatic nitrogens is 15. The average molecular weight is 1550 g/mol. The molecule has 0 aliphatic carbocycles. The molecule has 0 aliphatic rings. The highest BCUT2D eigenvalue weighted by atomic mass is 127. The lowest BCUT2D eigenvalue weighted by Gasteiger charge is -2.15. The van der Waals surface area contributed by atoms with Crippen molar-refractivity contribution in [2.24, 2.45) is 0 Å². The van der Waals surface area contributed by atoms with Crippen LogP contribution < -0.4 is 5.32 Å². The van der Waals surface area contributed by atoms with Gasteiger partial charge in [0.05, 0.1) is 26.9 Å². The van der Waals surface area contributed by atoms with E-state index < -0.39 is 16.1 Å². The lowest BCUT2D eigenvalue weighted by atomic mass is 10.1. The predicted molar refractivity (Wildman–Crippen MR) is 390 cm³/mol. The number of nitrogens with zero attached hydrogens (tertiary/aromatic N) is 12. The molecule has 0 fully saturated rings. The fourth-order valence-corrected chi connectivity index (χ4v) is 13.5. The van der Waals surface area contributed by atoms with Gasteiger partial charge in [0.1, 0.15) is 99.8 Å². The molecular weight excluding hydrogens is 1480 g/mol. The van der Waals surface area contributed by atoms with Gasteiger partial charge in [-0.3, -0.25) is 0 Å². The standard InChI is InChI=1S/C18H22ClN3OSi.C16H18N4.C12H17ClIN3OSi.C12H8ClN3.C6H3ClIN3/c1-24(2,3)10-9-23-13-22-11-15(14-7-5-4-6-8-14)16-17(19)20-12-21-18(16)22;1-2-3-9-17-15-14-13(12-7-5-4-6-8-12)10-18-16(14)20-11-19-15;1-19(2,3)5-4-18-8-17-6-9(14)10-11(13)15-7-16-12(10)17;13-11-10-9(8-4-2-1-3-5-8)6-14-12(10)16-7-15-11;7-5-4-3(8)1-9-6(4)11-2-10-5/h4-8,11-12H,9-10,13H2,1-3H3;4-8,10-11H,2-3,9H2,1H3,(H2,17,18,19,20);6-7H,4-5,8H2,1-3H3;1-7H,(H,14,15,16);1-2H,(H,9,10,11). The highest BCUT2D eigenvalue weighted by molar-refractivity contribution is 14.1. The van der Waals surface area contributed by atoms with Crippen LogP contribution in [-0.2, 0) is 22.9 Å². The van der Waals surface area contributed by atoms with E-state index in [1.807, 2.05) is 101 Å². The van der Waals surface area contributed by atoms with Gasteiger partial charge < -0.3 is 38.9 Å². The van der Waals surface area contributed by atoms with Crippen LogP contribution in [0.1, 0.15) is 19.8 Å². The van der Waals surface area contributed by atoms with E-state index in [1.165, 1.54) is 43.3 Å². The van der Waals surface area contributed by atoms with E-state index in [0.717, 1.165) is 128 Å². The molecule has 0 saturated heterocycles. The summed E-state index contributed by atoms with van der Waals surface area (Å²) in [6.45, 7) is 19.8. The summed E-state index contributed by atoms with van der Waals surface area (Å²) in [5.41, 5.74) is 10.6. The second kappa shape index (κ2) is 32.2. The van der Waals surface area contributed by atoms with Crippen LogP contribution in [0.4, 0.5) is 5.82 Å². The Morgan fingerprint density at radius 2 is 0.867 bits per heavy atom. The summed E-state index contributed by atoms with van der Waals surface area (Å²) in [6.07, 6.45) is 19.6. The van der Waals surface area contributed by atoms with Crippen molar-refractivity contribution in [2.75, 3.05) is 25.1 Å². The molecule has 0 radical (unpaired) electrons. The zero-order valence-electron chi connectivity index (χ0n) is 50.7. The third-order valence-electron chi connectivity index (χ3n) is 14.0. The van der Waals surface area contributed by atoms with Crippen molar-refractivity contribution in [3.05, 3.63) is 181 Å². The minimum Gasteiger partial charge on any atom is -0.369 e. The normalized spacial score (nSPS) is 11.4. The highest BCUT2D eigenvalue weighted by Gasteiger charge is 2.19. The quantitative estimate of drug-likeness (QED) is 0.0289. The molecule has 4 N–H and O–H groups in total. The first kappa shape index (κ1) is 67.9. The number of anilines is 1. The summed E-state index contributed by atoms with van der Waals surface area (Å²) in [6, 6.07) is 32.8. The van der Waals surface area contributed by atoms with E-state index in [2.05, 4.69) is 192 Å². The number of hydrogen-bond acceptors (Lipinski definition) is 13. The summed E-state index contributed by atoms with van der Waals surface area (Å²) >= 11 is 28.8. The van der Waals surface area contributed by atoms with Crippen LogP contribution in [0.5, 0.6) is 0 Å². The lowest BCUT2D eigenvalue weighted by molar-refractivity contribution is 0.0897. The monoisotopic (exact) mass is 1540 g/mol. The Morgan fingerprint density at radius 1 is 0.456 bits per heavy atom. The Balaban J connectivity index is 0.000000136. The van der Waals surface area contributed by atoms with Gasteiger partial charge in [0.15, 0.2) is 0 Å². The maximum absolute atomic E-state index is 6.35. The van der Waals surface area contributed by atoms with Crippen LogP contribution in [0, 0.1) is 7.14 Å². The maximum Gasteiger partial charge on any atom is 0.147 e. The fraction of sp³-hybridized carbons (Fsp3) is 0.250. The van der Waals surface area contributed by atoms with E-state index in [1.54, 1.807) is 6.33 Å². The summed E-state index contributed by atoms with van der Waals surface area (Å²) < 4.78 is 17.7. The van der Waals surface area contributed by atoms with E-state index >= 15 is 0 Å². The molecule has 0 amide bonds. The number of H-pyrrole nitrogens is 3. The first-order chi connectivity index (χ1) is 43.4. The number of hydrogen-bond donors (Lipinski definition) is 4. The molecule has 26 heteroatoms. The summed E-state index contributed by atoms with van der Waals surface area (Å²) in [7, 11) is -2.12. The number of benzene rings is 3. The Kier molecular flexibility index (Phi) is 24.3. The number of ether oxygens (including phenoxy) is 2. The minimum absolute atomic E-state index is 0.472. The number of unbranched alkanes of at least 4 members (excludes halogenated alkanes) is 1. The molecule has 18 nitrogen and oxygen atoms in total. The number of halogens is 6. The van der Waals surface area contributed by atoms with Crippen LogP contribution in [0.15, 0.2) is 154 Å². The van der Waals surface area contributed by atoms with Crippen molar-refractivity contribution in [1.82, 2.24) is 73.9 Å². The molecule has 10 aromatic heterocycles. The maximum atomic E-state index is 6.35. The largest absolute Gasteiger partial charge is 0.369 e. The zero-order chi connectivity index (χ0) is 63.8. The molecule has 13 rings (SSSR count). The third kappa shape index (κ3) is 18.0. The number of fused-ring (bicyclic) bond motifs is 5. The van der Waals surface area contributed by atoms with Crippen LogP contribution in [0.3, 0.4) is 0 Å². The molecule has 0 unspecified atom stereocenters. The van der Waals surface area contributed by atoms with Gasteiger partial charge in [0, 0.05) is 90.7 Å². The van der Waals surface area contributed by atoms with Gasteiger partial charge in [-0.25, -0.2) is 49.8 Å². The Bertz CT molecular complexity index is 4430. The molecule has 10 heterocycles. The SMILES string of the molecule is CCCCNc1ncnc2[nH]cc(-c3ccccc3)c12.C[Si](C)(C)CCOCn1cc(-c2ccccc2)c2c(Cl)ncnc21.C[Si](C)(C)CCOCn1cc(I)c2c(Cl)ncnc21.Clc1ncnc2[nH]cc(-c3ccccc3)c12.Clc1ncnc2[nH]cc(I)c12. The van der Waals surface area contributed by atoms with Crippen molar-refractivity contribution in [3.8, 4) is 33.4 Å². The van der Waals surface area contributed by atoms with Crippen LogP contribution in [0.25, 0.3) is 88.5 Å². The number of aromatic amines is 3. The third-order valence-corrected chi connectivity index (χ3v) is 20.2. The predicted octanol–water partition coefficient (Wildman–Crippen LogP) is 18.4. The van der Waals surface area contributed by atoms with Gasteiger partial charge in [0.25, 0.3) is 0 Å². The van der Waals surface area contributed by atoms with Crippen LogP contribution in [0.2, 0.25) is 72.0 Å². The second-order valence-corrected chi connectivity index (χ2v) is 38.0. The van der Waals surface area contributed by atoms with Crippen molar-refractivity contribution in [1.29, 1.82) is 0 Å². The molecule has 90 heavy (non-hydrogen) atoms. The van der Waals surface area contributed by atoms with E-state index in [9.17, 15) is 0 Å². The molecule has 466 valence electrons. The minimum atomic E-state index is -1.09. The molecule has 0 atom stereocenters. The fourth-order valence-electron chi connectivity index (χ4n) is 9.23. The van der Waals surface area contributed by atoms with Crippen LogP contribution >= 0.6 is 91.6 Å². The number of rotatable bonds is 17. The van der Waals surface area contributed by atoms with Crippen molar-refractivity contribution < 1.29 is 9.47 Å². The first-order valence-electron chi connectivity index (χ1n) is 29.0. The molecule has 0 spiro atoms. The topological polar surface area (TPSA) is 217 Å². The van der Waals surface area contributed by atoms with Gasteiger partial charge in [-0.15, -0.1) is 0 Å². The van der Waals surface area contributed by atoms with Crippen LogP contribution in [-0.4, -0.2) is 110 Å². The van der Waals surface area contributed by atoms with Crippen molar-refractivity contribution >= 4 is 169 Å². The Labute approximate surface area is 571 Å². The van der Waals surface area contributed by atoms with Gasteiger partial charge >= 0.3 is 0 Å². The Morgan fingerprint density at radius 3 is 1.38 bits per heavy atom. The molecule has 0 aliphatic heterocycles. The number of nitrogens with one attached hydrogen (secondary N) is 4. The van der Waals surface area contributed by atoms with Gasteiger partial charge in [-0.05, 0) is 80.4 Å².